The number of imide groups is 1. The number of carbonyl (C=O) groups is 2. The van der Waals surface area contributed by atoms with Crippen molar-refractivity contribution in [2.45, 2.75) is 6.04 Å². The van der Waals surface area contributed by atoms with Gasteiger partial charge in [-0.15, -0.1) is 0 Å². The van der Waals surface area contributed by atoms with Crippen molar-refractivity contribution in [2.75, 3.05) is 12.4 Å². The Hall–Kier alpha value is -2.53. The number of hydrogen-bond acceptors (Lipinski definition) is 3. The summed E-state index contributed by atoms with van der Waals surface area (Å²) in [6, 6.07) is 14.9. The standard InChI is InChI=1S/C16H16ClN3O2/c1-18-16(22)20-15(21)14(11-5-3-2-4-6-11)19-13-9-7-12(17)8-10-13/h2-10,14,19H,1H3,(H2,18,20,21,22)/t14-/m1/s1. The van der Waals surface area contributed by atoms with Gasteiger partial charge in [0.2, 0.25) is 0 Å². The van der Waals surface area contributed by atoms with Gasteiger partial charge in [0.1, 0.15) is 6.04 Å². The fourth-order valence-electron chi connectivity index (χ4n) is 1.91. The first-order chi connectivity index (χ1) is 10.6. The summed E-state index contributed by atoms with van der Waals surface area (Å²) in [4.78, 5) is 23.7. The summed E-state index contributed by atoms with van der Waals surface area (Å²) in [5.74, 6) is -0.444. The zero-order valence-corrected chi connectivity index (χ0v) is 12.7. The van der Waals surface area contributed by atoms with Gasteiger partial charge < -0.3 is 10.6 Å². The highest BCUT2D eigenvalue weighted by atomic mass is 35.5. The topological polar surface area (TPSA) is 70.2 Å². The zero-order chi connectivity index (χ0) is 15.9. The third kappa shape index (κ3) is 4.23. The maximum absolute atomic E-state index is 12.3. The molecule has 0 aromatic heterocycles. The molecule has 0 fully saturated rings. The van der Waals surface area contributed by atoms with Crippen LogP contribution >= 0.6 is 11.6 Å². The molecule has 0 aliphatic carbocycles. The third-order valence-corrected chi connectivity index (χ3v) is 3.27. The maximum Gasteiger partial charge on any atom is 0.321 e. The van der Waals surface area contributed by atoms with Crippen LogP contribution in [0.4, 0.5) is 10.5 Å². The van der Waals surface area contributed by atoms with Crippen LogP contribution in [0.15, 0.2) is 54.6 Å². The van der Waals surface area contributed by atoms with E-state index in [1.807, 2.05) is 30.3 Å². The number of amides is 3. The first kappa shape index (κ1) is 15.9. The van der Waals surface area contributed by atoms with Crippen molar-refractivity contribution < 1.29 is 9.59 Å². The van der Waals surface area contributed by atoms with Crippen molar-refractivity contribution in [3.63, 3.8) is 0 Å². The molecule has 6 heteroatoms. The number of benzene rings is 2. The fraction of sp³-hybridized carbons (Fsp3) is 0.125. The summed E-state index contributed by atoms with van der Waals surface area (Å²) >= 11 is 5.86. The number of anilines is 1. The summed E-state index contributed by atoms with van der Waals surface area (Å²) in [6.45, 7) is 0. The van der Waals surface area contributed by atoms with Crippen LogP contribution in [0.3, 0.4) is 0 Å². The first-order valence-corrected chi connectivity index (χ1v) is 7.07. The summed E-state index contributed by atoms with van der Waals surface area (Å²) in [5, 5.41) is 8.35. The molecule has 114 valence electrons. The fourth-order valence-corrected chi connectivity index (χ4v) is 2.03. The molecule has 0 aliphatic rings. The minimum Gasteiger partial charge on any atom is -0.370 e. The molecule has 3 amide bonds. The normalized spacial score (nSPS) is 11.4. The molecule has 2 aromatic rings. The molecular formula is C16H16ClN3O2. The largest absolute Gasteiger partial charge is 0.370 e. The SMILES string of the molecule is CNC(=O)NC(=O)[C@H](Nc1ccc(Cl)cc1)c1ccccc1. The highest BCUT2D eigenvalue weighted by Gasteiger charge is 2.21. The Balaban J connectivity index is 2.23. The van der Waals surface area contributed by atoms with Crippen LogP contribution in [0, 0.1) is 0 Å². The van der Waals surface area contributed by atoms with E-state index in [2.05, 4.69) is 16.0 Å². The van der Waals surface area contributed by atoms with Gasteiger partial charge in [0.15, 0.2) is 0 Å². The first-order valence-electron chi connectivity index (χ1n) is 6.70. The van der Waals surface area contributed by atoms with Crippen molar-refractivity contribution >= 4 is 29.2 Å². The molecule has 3 N–H and O–H groups in total. The molecule has 2 aromatic carbocycles. The molecule has 0 spiro atoms. The second-order valence-electron chi connectivity index (χ2n) is 4.56. The zero-order valence-electron chi connectivity index (χ0n) is 12.0. The number of nitrogens with one attached hydrogen (secondary N) is 3. The van der Waals surface area contributed by atoms with Crippen LogP contribution in [0.5, 0.6) is 0 Å². The highest BCUT2D eigenvalue weighted by molar-refractivity contribution is 6.30. The minimum absolute atomic E-state index is 0.444. The maximum atomic E-state index is 12.3. The number of rotatable bonds is 4. The molecule has 0 bridgehead atoms. The lowest BCUT2D eigenvalue weighted by Crippen LogP contribution is -2.42. The average Bonchev–Trinajstić information content (AvgIpc) is 2.54. The van der Waals surface area contributed by atoms with Gasteiger partial charge in [-0.2, -0.15) is 0 Å². The Kier molecular flexibility index (Phi) is 5.38. The number of halogens is 1. The van der Waals surface area contributed by atoms with Crippen LogP contribution in [0.1, 0.15) is 11.6 Å². The number of urea groups is 1. The van der Waals surface area contributed by atoms with E-state index in [9.17, 15) is 9.59 Å². The molecule has 0 aliphatic heterocycles. The smallest absolute Gasteiger partial charge is 0.321 e. The molecular weight excluding hydrogens is 302 g/mol. The van der Waals surface area contributed by atoms with Gasteiger partial charge in [-0.25, -0.2) is 4.79 Å². The molecule has 0 saturated heterocycles. The van der Waals surface area contributed by atoms with Gasteiger partial charge in [0, 0.05) is 17.8 Å². The molecule has 22 heavy (non-hydrogen) atoms. The van der Waals surface area contributed by atoms with E-state index >= 15 is 0 Å². The monoisotopic (exact) mass is 317 g/mol. The predicted octanol–water partition coefficient (Wildman–Crippen LogP) is 2.95. The lowest BCUT2D eigenvalue weighted by atomic mass is 10.1. The molecule has 0 unspecified atom stereocenters. The molecule has 2 rings (SSSR count). The molecule has 5 nitrogen and oxygen atoms in total. The van der Waals surface area contributed by atoms with E-state index in [1.165, 1.54) is 7.05 Å². The Morgan fingerprint density at radius 1 is 1.00 bits per heavy atom. The third-order valence-electron chi connectivity index (χ3n) is 3.01. The highest BCUT2D eigenvalue weighted by Crippen LogP contribution is 2.21. The summed E-state index contributed by atoms with van der Waals surface area (Å²) < 4.78 is 0. The van der Waals surface area contributed by atoms with Crippen LogP contribution in [0.25, 0.3) is 0 Å². The van der Waals surface area contributed by atoms with E-state index < -0.39 is 18.0 Å². The Bertz CT molecular complexity index is 644. The van der Waals surface area contributed by atoms with E-state index in [1.54, 1.807) is 24.3 Å². The van der Waals surface area contributed by atoms with Gasteiger partial charge in [-0.3, -0.25) is 10.1 Å². The quantitative estimate of drug-likeness (QED) is 0.812. The van der Waals surface area contributed by atoms with Gasteiger partial charge in [-0.05, 0) is 29.8 Å². The van der Waals surface area contributed by atoms with Crippen molar-refractivity contribution in [2.24, 2.45) is 0 Å². The van der Waals surface area contributed by atoms with Crippen molar-refractivity contribution in [3.05, 3.63) is 65.2 Å². The summed E-state index contributed by atoms with van der Waals surface area (Å²) in [7, 11) is 1.45. The van der Waals surface area contributed by atoms with E-state index in [0.717, 1.165) is 11.3 Å². The van der Waals surface area contributed by atoms with Gasteiger partial charge >= 0.3 is 6.03 Å². The molecule has 0 saturated carbocycles. The Labute approximate surface area is 133 Å². The van der Waals surface area contributed by atoms with Crippen LogP contribution in [-0.2, 0) is 4.79 Å². The van der Waals surface area contributed by atoms with E-state index in [0.29, 0.717) is 5.02 Å². The molecule has 1 atom stereocenters. The van der Waals surface area contributed by atoms with Crippen LogP contribution < -0.4 is 16.0 Å². The second kappa shape index (κ2) is 7.47. The van der Waals surface area contributed by atoms with Crippen molar-refractivity contribution in [1.29, 1.82) is 0 Å². The lowest BCUT2D eigenvalue weighted by Gasteiger charge is -2.19. The second-order valence-corrected chi connectivity index (χ2v) is 5.00. The van der Waals surface area contributed by atoms with E-state index in [4.69, 9.17) is 11.6 Å². The summed E-state index contributed by atoms with van der Waals surface area (Å²) in [6.07, 6.45) is 0. The van der Waals surface area contributed by atoms with Crippen LogP contribution in [0.2, 0.25) is 5.02 Å². The molecule has 0 heterocycles. The Morgan fingerprint density at radius 3 is 2.23 bits per heavy atom. The van der Waals surface area contributed by atoms with E-state index in [-0.39, 0.29) is 0 Å². The number of carbonyl (C=O) groups excluding carboxylic acids is 2. The molecule has 0 radical (unpaired) electrons. The summed E-state index contributed by atoms with van der Waals surface area (Å²) in [5.41, 5.74) is 1.48. The van der Waals surface area contributed by atoms with Gasteiger partial charge in [0.05, 0.1) is 0 Å². The Morgan fingerprint density at radius 2 is 1.64 bits per heavy atom. The van der Waals surface area contributed by atoms with Gasteiger partial charge in [0.25, 0.3) is 5.91 Å². The predicted molar refractivity (Wildman–Crippen MR) is 86.9 cm³/mol. The lowest BCUT2D eigenvalue weighted by molar-refractivity contribution is -0.120. The average molecular weight is 318 g/mol. The van der Waals surface area contributed by atoms with Gasteiger partial charge in [-0.1, -0.05) is 41.9 Å². The van der Waals surface area contributed by atoms with Crippen LogP contribution in [-0.4, -0.2) is 19.0 Å². The minimum atomic E-state index is -0.695. The van der Waals surface area contributed by atoms with Crippen molar-refractivity contribution in [1.82, 2.24) is 10.6 Å². The van der Waals surface area contributed by atoms with Crippen molar-refractivity contribution in [3.8, 4) is 0 Å². The number of hydrogen-bond donors (Lipinski definition) is 3.